The summed E-state index contributed by atoms with van der Waals surface area (Å²) < 4.78 is 36.4. The van der Waals surface area contributed by atoms with Crippen molar-refractivity contribution in [2.75, 3.05) is 20.8 Å². The molecule has 0 aliphatic rings. The van der Waals surface area contributed by atoms with Crippen molar-refractivity contribution >= 4 is 22.0 Å². The van der Waals surface area contributed by atoms with Crippen LogP contribution in [0.4, 0.5) is 0 Å². The predicted molar refractivity (Wildman–Crippen MR) is 105 cm³/mol. The van der Waals surface area contributed by atoms with Crippen molar-refractivity contribution in [3.8, 4) is 0 Å². The highest BCUT2D eigenvalue weighted by Crippen LogP contribution is 2.33. The van der Waals surface area contributed by atoms with Crippen LogP contribution in [-0.2, 0) is 34.5 Å². The van der Waals surface area contributed by atoms with Gasteiger partial charge in [-0.3, -0.25) is 9.59 Å². The van der Waals surface area contributed by atoms with Gasteiger partial charge in [0.05, 0.1) is 24.8 Å². The summed E-state index contributed by atoms with van der Waals surface area (Å²) in [7, 11) is -1.67. The van der Waals surface area contributed by atoms with E-state index in [0.717, 1.165) is 36.3 Å². The summed E-state index contributed by atoms with van der Waals surface area (Å²) in [6.45, 7) is 2.21. The van der Waals surface area contributed by atoms with Gasteiger partial charge >= 0.3 is 11.9 Å². The van der Waals surface area contributed by atoms with Crippen LogP contribution >= 0.6 is 0 Å². The highest BCUT2D eigenvalue weighted by atomic mass is 32.2. The fraction of sp³-hybridized carbons (Fsp3) is 0.421. The third kappa shape index (κ3) is 4.33. The number of imidazole rings is 1. The molecule has 0 atom stereocenters. The fourth-order valence-electron chi connectivity index (χ4n) is 3.00. The smallest absolute Gasteiger partial charge is 0.329 e. The summed E-state index contributed by atoms with van der Waals surface area (Å²) in [6, 6.07) is 6.29. The van der Waals surface area contributed by atoms with Crippen molar-refractivity contribution in [1.82, 2.24) is 8.96 Å². The third-order valence-electron chi connectivity index (χ3n) is 4.67. The highest BCUT2D eigenvalue weighted by molar-refractivity contribution is 7.90. The average Bonchev–Trinajstić information content (AvgIpc) is 3.22. The second-order valence-corrected chi connectivity index (χ2v) is 8.38. The number of aryl methyl sites for hydroxylation is 1. The van der Waals surface area contributed by atoms with E-state index >= 15 is 0 Å². The molecule has 10 heteroatoms. The molecule has 0 saturated carbocycles. The Balaban J connectivity index is 2.56. The van der Waals surface area contributed by atoms with Gasteiger partial charge in [-0.15, -0.1) is 0 Å². The second kappa shape index (κ2) is 9.19. The average molecular weight is 423 g/mol. The van der Waals surface area contributed by atoms with Crippen LogP contribution in [0.3, 0.4) is 0 Å². The number of unbranched alkanes of at least 4 members (excludes halogenated alkanes) is 1. The molecular weight excluding hydrogens is 398 g/mol. The van der Waals surface area contributed by atoms with Crippen LogP contribution in [0, 0.1) is 6.92 Å². The number of carbonyl (C=O) groups excluding carboxylic acids is 2. The van der Waals surface area contributed by atoms with E-state index in [9.17, 15) is 18.0 Å². The Labute approximate surface area is 169 Å². The van der Waals surface area contributed by atoms with Crippen molar-refractivity contribution in [2.24, 2.45) is 5.73 Å². The quantitative estimate of drug-likeness (QED) is 0.361. The van der Waals surface area contributed by atoms with Crippen LogP contribution in [0.2, 0.25) is 0 Å². The van der Waals surface area contributed by atoms with Crippen LogP contribution < -0.4 is 5.73 Å². The first kappa shape index (κ1) is 22.6. The minimum Gasteiger partial charge on any atom is -0.468 e. The Morgan fingerprint density at radius 1 is 1.10 bits per heavy atom. The lowest BCUT2D eigenvalue weighted by molar-refractivity contribution is -0.162. The van der Waals surface area contributed by atoms with Gasteiger partial charge in [0, 0.05) is 6.20 Å². The molecule has 1 heterocycles. The SMILES string of the molecule is COC(=O)C(CCCCN)(C(=O)OC)c1cn(S(=O)(=O)c2ccc(C)cc2)cn1. The summed E-state index contributed by atoms with van der Waals surface area (Å²) in [5.74, 6) is -1.75. The summed E-state index contributed by atoms with van der Waals surface area (Å²) in [5.41, 5.74) is 4.48. The predicted octanol–water partition coefficient (Wildman–Crippen LogP) is 1.14. The largest absolute Gasteiger partial charge is 0.468 e. The molecule has 2 aromatic rings. The summed E-state index contributed by atoms with van der Waals surface area (Å²) in [5, 5.41) is 0. The topological polar surface area (TPSA) is 131 Å². The molecule has 2 rings (SSSR count). The van der Waals surface area contributed by atoms with Crippen molar-refractivity contribution < 1.29 is 27.5 Å². The lowest BCUT2D eigenvalue weighted by Crippen LogP contribution is -2.46. The maximum Gasteiger partial charge on any atom is 0.329 e. The molecule has 0 amide bonds. The molecule has 1 aromatic heterocycles. The number of nitrogens with zero attached hydrogens (tertiary/aromatic N) is 2. The number of hydrogen-bond acceptors (Lipinski definition) is 8. The Hall–Kier alpha value is -2.72. The van der Waals surface area contributed by atoms with E-state index in [0.29, 0.717) is 19.4 Å². The van der Waals surface area contributed by atoms with E-state index in [-0.39, 0.29) is 17.0 Å². The molecule has 0 radical (unpaired) electrons. The summed E-state index contributed by atoms with van der Waals surface area (Å²) in [6.07, 6.45) is 3.18. The monoisotopic (exact) mass is 423 g/mol. The molecule has 29 heavy (non-hydrogen) atoms. The standard InChI is InChI=1S/C19H25N3O6S/c1-14-6-8-15(9-7-14)29(25,26)22-12-16(21-13-22)19(17(23)27-2,18(24)28-3)10-4-5-11-20/h6-9,12-13H,4-5,10-11,20H2,1-3H3. The van der Waals surface area contributed by atoms with Crippen LogP contribution in [-0.4, -0.2) is 50.1 Å². The maximum atomic E-state index is 12.9. The fourth-order valence-corrected chi connectivity index (χ4v) is 4.13. The minimum atomic E-state index is -3.96. The van der Waals surface area contributed by atoms with Gasteiger partial charge in [0.25, 0.3) is 10.0 Å². The van der Waals surface area contributed by atoms with Gasteiger partial charge < -0.3 is 15.2 Å². The lowest BCUT2D eigenvalue weighted by atomic mass is 9.79. The number of ether oxygens (including phenoxy) is 2. The van der Waals surface area contributed by atoms with Crippen molar-refractivity contribution in [3.05, 3.63) is 48.0 Å². The number of methoxy groups -OCH3 is 2. The molecule has 1 aromatic carbocycles. The van der Waals surface area contributed by atoms with Gasteiger partial charge in [0.15, 0.2) is 0 Å². The molecule has 0 aliphatic carbocycles. The Bertz CT molecular complexity index is 950. The molecule has 0 bridgehead atoms. The molecule has 0 spiro atoms. The second-order valence-electron chi connectivity index (χ2n) is 6.54. The normalized spacial score (nSPS) is 11.9. The van der Waals surface area contributed by atoms with Crippen molar-refractivity contribution in [1.29, 1.82) is 0 Å². The van der Waals surface area contributed by atoms with Gasteiger partial charge in [-0.05, 0) is 38.4 Å². The van der Waals surface area contributed by atoms with E-state index in [2.05, 4.69) is 4.98 Å². The van der Waals surface area contributed by atoms with Crippen LogP contribution in [0.25, 0.3) is 0 Å². The number of nitrogens with two attached hydrogens (primary N) is 1. The van der Waals surface area contributed by atoms with Crippen LogP contribution in [0.5, 0.6) is 0 Å². The molecule has 2 N–H and O–H groups in total. The number of benzene rings is 1. The Kier molecular flexibility index (Phi) is 7.15. The maximum absolute atomic E-state index is 12.9. The van der Waals surface area contributed by atoms with Crippen LogP contribution in [0.1, 0.15) is 30.5 Å². The lowest BCUT2D eigenvalue weighted by Gasteiger charge is -2.26. The molecule has 158 valence electrons. The van der Waals surface area contributed by atoms with E-state index in [1.54, 1.807) is 12.1 Å². The third-order valence-corrected chi connectivity index (χ3v) is 6.29. The Morgan fingerprint density at radius 2 is 1.69 bits per heavy atom. The zero-order valence-corrected chi connectivity index (χ0v) is 17.4. The van der Waals surface area contributed by atoms with Gasteiger partial charge in [-0.2, -0.15) is 0 Å². The first-order valence-corrected chi connectivity index (χ1v) is 10.4. The molecular formula is C19H25N3O6S. The van der Waals surface area contributed by atoms with Gasteiger partial charge in [0.2, 0.25) is 5.41 Å². The number of carbonyl (C=O) groups is 2. The molecule has 0 unspecified atom stereocenters. The van der Waals surface area contributed by atoms with E-state index in [4.69, 9.17) is 15.2 Å². The molecule has 0 fully saturated rings. The minimum absolute atomic E-state index is 0.0190. The summed E-state index contributed by atoms with van der Waals surface area (Å²) >= 11 is 0. The first-order chi connectivity index (χ1) is 13.7. The molecule has 0 saturated heterocycles. The summed E-state index contributed by atoms with van der Waals surface area (Å²) in [4.78, 5) is 29.4. The zero-order chi connectivity index (χ0) is 21.7. The Morgan fingerprint density at radius 3 is 2.21 bits per heavy atom. The molecule has 0 aliphatic heterocycles. The van der Waals surface area contributed by atoms with Gasteiger partial charge in [-0.25, -0.2) is 17.4 Å². The van der Waals surface area contributed by atoms with Crippen molar-refractivity contribution in [2.45, 2.75) is 36.5 Å². The van der Waals surface area contributed by atoms with Crippen molar-refractivity contribution in [3.63, 3.8) is 0 Å². The van der Waals surface area contributed by atoms with E-state index < -0.39 is 27.4 Å². The zero-order valence-electron chi connectivity index (χ0n) is 16.6. The van der Waals surface area contributed by atoms with Gasteiger partial charge in [-0.1, -0.05) is 24.1 Å². The van der Waals surface area contributed by atoms with E-state index in [1.807, 2.05) is 6.92 Å². The number of aromatic nitrogens is 2. The van der Waals surface area contributed by atoms with Gasteiger partial charge in [0.1, 0.15) is 6.33 Å². The highest BCUT2D eigenvalue weighted by Gasteiger charge is 2.51. The number of hydrogen-bond donors (Lipinski definition) is 1. The number of esters is 2. The number of rotatable bonds is 9. The van der Waals surface area contributed by atoms with E-state index in [1.165, 1.54) is 12.1 Å². The molecule has 9 nitrogen and oxygen atoms in total. The van der Waals surface area contributed by atoms with Crippen LogP contribution in [0.15, 0.2) is 41.7 Å². The first-order valence-electron chi connectivity index (χ1n) is 8.97.